The molecule has 102 valence electrons. The Kier molecular flexibility index (Phi) is 5.42. The van der Waals surface area contributed by atoms with E-state index in [4.69, 9.17) is 5.73 Å². The number of hydrogen-bond donors (Lipinski definition) is 1. The van der Waals surface area contributed by atoms with Gasteiger partial charge in [0.25, 0.3) is 0 Å². The number of nitrogens with two attached hydrogens (primary N) is 1. The Morgan fingerprint density at radius 2 is 1.94 bits per heavy atom. The topological polar surface area (TPSA) is 32.5 Å². The summed E-state index contributed by atoms with van der Waals surface area (Å²) in [4.78, 5) is 5.13. The van der Waals surface area contributed by atoms with Crippen LogP contribution in [0.2, 0.25) is 0 Å². The lowest BCUT2D eigenvalue weighted by atomic mass is 9.84. The van der Waals surface area contributed by atoms with Crippen molar-refractivity contribution in [3.63, 3.8) is 0 Å². The average molecular weight is 241 g/mol. The summed E-state index contributed by atoms with van der Waals surface area (Å²) in [5, 5.41) is 0. The summed E-state index contributed by atoms with van der Waals surface area (Å²) >= 11 is 0. The molecule has 0 bridgehead atoms. The van der Waals surface area contributed by atoms with Crippen LogP contribution >= 0.6 is 0 Å². The number of nitrogens with zero attached hydrogens (tertiary/aromatic N) is 2. The Morgan fingerprint density at radius 1 is 1.29 bits per heavy atom. The van der Waals surface area contributed by atoms with E-state index in [0.29, 0.717) is 12.1 Å². The van der Waals surface area contributed by atoms with Gasteiger partial charge in [-0.1, -0.05) is 27.7 Å². The van der Waals surface area contributed by atoms with Crippen LogP contribution in [-0.2, 0) is 0 Å². The Morgan fingerprint density at radius 3 is 2.41 bits per heavy atom. The van der Waals surface area contributed by atoms with Gasteiger partial charge in [0.2, 0.25) is 0 Å². The maximum atomic E-state index is 6.04. The fraction of sp³-hybridized carbons (Fsp3) is 1.00. The summed E-state index contributed by atoms with van der Waals surface area (Å²) in [6.07, 6.45) is 2.48. The van der Waals surface area contributed by atoms with Gasteiger partial charge in [0, 0.05) is 31.7 Å². The maximum absolute atomic E-state index is 6.04. The third-order valence-electron chi connectivity index (χ3n) is 4.04. The van der Waals surface area contributed by atoms with Crippen LogP contribution in [0.25, 0.3) is 0 Å². The lowest BCUT2D eigenvalue weighted by Crippen LogP contribution is -2.54. The minimum absolute atomic E-state index is 0.269. The zero-order valence-electron chi connectivity index (χ0n) is 12.4. The van der Waals surface area contributed by atoms with Crippen molar-refractivity contribution >= 4 is 0 Å². The van der Waals surface area contributed by atoms with E-state index in [2.05, 4.69) is 44.5 Å². The fourth-order valence-corrected chi connectivity index (χ4v) is 3.02. The number of likely N-dealkylation sites (N-methyl/N-ethyl adjacent to an activating group) is 1. The minimum atomic E-state index is 0.269. The predicted molar refractivity (Wildman–Crippen MR) is 75.2 cm³/mol. The molecular weight excluding hydrogens is 210 g/mol. The smallest absolute Gasteiger partial charge is 0.0270 e. The van der Waals surface area contributed by atoms with Crippen molar-refractivity contribution in [3.05, 3.63) is 0 Å². The zero-order chi connectivity index (χ0) is 13.1. The van der Waals surface area contributed by atoms with E-state index in [1.807, 2.05) is 0 Å². The molecule has 1 fully saturated rings. The largest absolute Gasteiger partial charge is 0.329 e. The van der Waals surface area contributed by atoms with Gasteiger partial charge < -0.3 is 10.6 Å². The summed E-state index contributed by atoms with van der Waals surface area (Å²) in [6.45, 7) is 13.6. The van der Waals surface area contributed by atoms with Crippen LogP contribution in [0.15, 0.2) is 0 Å². The van der Waals surface area contributed by atoms with Crippen molar-refractivity contribution in [2.24, 2.45) is 11.1 Å². The van der Waals surface area contributed by atoms with E-state index < -0.39 is 0 Å². The molecule has 3 nitrogen and oxygen atoms in total. The minimum Gasteiger partial charge on any atom is -0.329 e. The molecular formula is C14H31N3. The van der Waals surface area contributed by atoms with Gasteiger partial charge in [-0.3, -0.25) is 4.90 Å². The third-order valence-corrected chi connectivity index (χ3v) is 4.04. The summed E-state index contributed by atoms with van der Waals surface area (Å²) < 4.78 is 0. The second kappa shape index (κ2) is 6.17. The highest BCUT2D eigenvalue weighted by Gasteiger charge is 2.34. The monoisotopic (exact) mass is 241 g/mol. The molecule has 3 heteroatoms. The van der Waals surface area contributed by atoms with Gasteiger partial charge in [-0.25, -0.2) is 0 Å². The highest BCUT2D eigenvalue weighted by atomic mass is 15.3. The summed E-state index contributed by atoms with van der Waals surface area (Å²) in [6, 6.07) is 1.16. The first-order chi connectivity index (χ1) is 7.90. The molecule has 0 aromatic heterocycles. The Balaban J connectivity index is 2.83. The normalized spacial score (nSPS) is 26.8. The average Bonchev–Trinajstić information content (AvgIpc) is 2.39. The molecule has 17 heavy (non-hydrogen) atoms. The van der Waals surface area contributed by atoms with Crippen LogP contribution in [0.5, 0.6) is 0 Å². The van der Waals surface area contributed by atoms with Crippen LogP contribution in [-0.4, -0.2) is 55.1 Å². The van der Waals surface area contributed by atoms with Crippen LogP contribution in [0, 0.1) is 5.41 Å². The van der Waals surface area contributed by atoms with Crippen LogP contribution < -0.4 is 5.73 Å². The van der Waals surface area contributed by atoms with Gasteiger partial charge in [0.15, 0.2) is 0 Å². The fourth-order valence-electron chi connectivity index (χ4n) is 3.02. The molecule has 0 aromatic carbocycles. The van der Waals surface area contributed by atoms with Crippen molar-refractivity contribution in [2.75, 3.05) is 33.2 Å². The van der Waals surface area contributed by atoms with Gasteiger partial charge in [-0.05, 0) is 31.8 Å². The quantitative estimate of drug-likeness (QED) is 0.817. The molecule has 1 aliphatic rings. The van der Waals surface area contributed by atoms with E-state index in [1.54, 1.807) is 0 Å². The molecule has 2 N–H and O–H groups in total. The SMILES string of the molecule is CCC1CN(C)CCCN1C(CN)C(C)(C)C. The van der Waals surface area contributed by atoms with Crippen molar-refractivity contribution in [1.29, 1.82) is 0 Å². The molecule has 2 unspecified atom stereocenters. The van der Waals surface area contributed by atoms with E-state index >= 15 is 0 Å². The van der Waals surface area contributed by atoms with Crippen molar-refractivity contribution < 1.29 is 0 Å². The first-order valence-corrected chi connectivity index (χ1v) is 7.04. The van der Waals surface area contributed by atoms with Gasteiger partial charge in [0.1, 0.15) is 0 Å². The van der Waals surface area contributed by atoms with Crippen molar-refractivity contribution in [1.82, 2.24) is 9.80 Å². The first-order valence-electron chi connectivity index (χ1n) is 7.04. The molecule has 1 aliphatic heterocycles. The van der Waals surface area contributed by atoms with Gasteiger partial charge in [0.05, 0.1) is 0 Å². The highest BCUT2D eigenvalue weighted by Crippen LogP contribution is 2.27. The molecule has 1 heterocycles. The number of rotatable bonds is 3. The molecule has 1 saturated heterocycles. The predicted octanol–water partition coefficient (Wildman–Crippen LogP) is 1.78. The maximum Gasteiger partial charge on any atom is 0.0270 e. The summed E-state index contributed by atoms with van der Waals surface area (Å²) in [7, 11) is 2.24. The van der Waals surface area contributed by atoms with Crippen LogP contribution in [0.1, 0.15) is 40.5 Å². The van der Waals surface area contributed by atoms with Gasteiger partial charge in [-0.2, -0.15) is 0 Å². The van der Waals surface area contributed by atoms with Crippen LogP contribution in [0.3, 0.4) is 0 Å². The highest BCUT2D eigenvalue weighted by molar-refractivity contribution is 4.90. The molecule has 2 atom stereocenters. The van der Waals surface area contributed by atoms with Gasteiger partial charge in [-0.15, -0.1) is 0 Å². The molecule has 0 aromatic rings. The number of hydrogen-bond acceptors (Lipinski definition) is 3. The third kappa shape index (κ3) is 3.94. The molecule has 1 rings (SSSR count). The van der Waals surface area contributed by atoms with E-state index in [1.165, 1.54) is 32.5 Å². The zero-order valence-corrected chi connectivity index (χ0v) is 12.4. The Hall–Kier alpha value is -0.120. The van der Waals surface area contributed by atoms with Crippen LogP contribution in [0.4, 0.5) is 0 Å². The molecule has 0 spiro atoms. The Labute approximate surface area is 107 Å². The first kappa shape index (κ1) is 14.9. The van der Waals surface area contributed by atoms with Gasteiger partial charge >= 0.3 is 0 Å². The molecule has 0 radical (unpaired) electrons. The van der Waals surface area contributed by atoms with Crippen molar-refractivity contribution in [2.45, 2.75) is 52.6 Å². The summed E-state index contributed by atoms with van der Waals surface area (Å²) in [5.41, 5.74) is 6.31. The standard InChI is InChI=1S/C14H31N3/c1-6-12-11-16(5)8-7-9-17(12)13(10-15)14(2,3)4/h12-13H,6-11,15H2,1-5H3. The second-order valence-electron chi connectivity index (χ2n) is 6.53. The lowest BCUT2D eigenvalue weighted by Gasteiger charge is -2.43. The molecule has 0 saturated carbocycles. The van der Waals surface area contributed by atoms with E-state index in [9.17, 15) is 0 Å². The van der Waals surface area contributed by atoms with E-state index in [-0.39, 0.29) is 5.41 Å². The summed E-state index contributed by atoms with van der Waals surface area (Å²) in [5.74, 6) is 0. The van der Waals surface area contributed by atoms with E-state index in [0.717, 1.165) is 6.54 Å². The molecule has 0 aliphatic carbocycles. The molecule has 0 amide bonds. The lowest BCUT2D eigenvalue weighted by molar-refractivity contribution is 0.0622. The Bertz CT molecular complexity index is 222. The van der Waals surface area contributed by atoms with Crippen molar-refractivity contribution in [3.8, 4) is 0 Å². The second-order valence-corrected chi connectivity index (χ2v) is 6.53.